The number of nitrogens with zero attached hydrogens (tertiary/aromatic N) is 2. The summed E-state index contributed by atoms with van der Waals surface area (Å²) in [6.45, 7) is 3.23. The van der Waals surface area contributed by atoms with Gasteiger partial charge in [-0.3, -0.25) is 13.9 Å². The summed E-state index contributed by atoms with van der Waals surface area (Å²) >= 11 is 5.80. The molecule has 0 saturated carbocycles. The van der Waals surface area contributed by atoms with E-state index >= 15 is 0 Å². The van der Waals surface area contributed by atoms with E-state index in [1.54, 1.807) is 13.0 Å². The van der Waals surface area contributed by atoms with Crippen LogP contribution in [0.2, 0.25) is 5.02 Å². The normalized spacial score (nSPS) is 12.4. The number of carbonyl (C=O) groups excluding carboxylic acids is 2. The van der Waals surface area contributed by atoms with Crippen LogP contribution in [0.15, 0.2) is 83.8 Å². The van der Waals surface area contributed by atoms with Crippen molar-refractivity contribution in [1.82, 2.24) is 10.2 Å². The van der Waals surface area contributed by atoms with Gasteiger partial charge in [0, 0.05) is 13.1 Å². The van der Waals surface area contributed by atoms with Crippen LogP contribution in [0.1, 0.15) is 37.8 Å². The third-order valence-corrected chi connectivity index (χ3v) is 8.69. The lowest BCUT2D eigenvalue weighted by Gasteiger charge is -2.33. The topological polar surface area (TPSA) is 86.8 Å². The Morgan fingerprint density at radius 1 is 0.952 bits per heavy atom. The molecule has 42 heavy (non-hydrogen) atoms. The zero-order chi connectivity index (χ0) is 30.9. The van der Waals surface area contributed by atoms with Gasteiger partial charge in [-0.2, -0.15) is 13.2 Å². The van der Waals surface area contributed by atoms with E-state index in [0.717, 1.165) is 17.7 Å². The van der Waals surface area contributed by atoms with Gasteiger partial charge >= 0.3 is 6.18 Å². The quantitative estimate of drug-likeness (QED) is 0.256. The number of rotatable bonds is 13. The molecular weight excluding hydrogens is 591 g/mol. The summed E-state index contributed by atoms with van der Waals surface area (Å²) in [4.78, 5) is 28.1. The minimum Gasteiger partial charge on any atom is -0.354 e. The Bertz CT molecular complexity index is 1460. The van der Waals surface area contributed by atoms with E-state index in [9.17, 15) is 31.2 Å². The standard InChI is InChI=1S/C30H33ClF3N3O4S/c1-3-18-35-29(39)27(4-2)36(19-17-22-11-7-5-8-12-22)28(38)21-37(42(40,41)24-13-9-6-10-14-24)23-15-16-26(31)25(20-23)30(32,33)34/h5-16,20,27H,3-4,17-19,21H2,1-2H3,(H,35,39)/t27-/m0/s1. The summed E-state index contributed by atoms with van der Waals surface area (Å²) in [7, 11) is -4.52. The van der Waals surface area contributed by atoms with Crippen LogP contribution in [0.3, 0.4) is 0 Å². The molecule has 7 nitrogen and oxygen atoms in total. The fourth-order valence-electron chi connectivity index (χ4n) is 4.40. The highest BCUT2D eigenvalue weighted by Crippen LogP contribution is 2.38. The second-order valence-corrected chi connectivity index (χ2v) is 11.8. The van der Waals surface area contributed by atoms with Gasteiger partial charge in [-0.05, 0) is 55.2 Å². The van der Waals surface area contributed by atoms with Crippen molar-refractivity contribution in [3.05, 3.63) is 95.0 Å². The number of anilines is 1. The molecule has 0 radical (unpaired) electrons. The zero-order valence-corrected chi connectivity index (χ0v) is 24.8. The lowest BCUT2D eigenvalue weighted by atomic mass is 10.1. The molecule has 0 bridgehead atoms. The van der Waals surface area contributed by atoms with Crippen LogP contribution in [-0.4, -0.2) is 50.8 Å². The van der Waals surface area contributed by atoms with Crippen LogP contribution in [0, 0.1) is 0 Å². The van der Waals surface area contributed by atoms with E-state index in [-0.39, 0.29) is 17.9 Å². The summed E-state index contributed by atoms with van der Waals surface area (Å²) in [5.74, 6) is -1.14. The van der Waals surface area contributed by atoms with Gasteiger partial charge in [0.25, 0.3) is 10.0 Å². The third-order valence-electron chi connectivity index (χ3n) is 6.57. The predicted octanol–water partition coefficient (Wildman–Crippen LogP) is 5.93. The van der Waals surface area contributed by atoms with Crippen molar-refractivity contribution in [2.45, 2.75) is 50.2 Å². The number of benzene rings is 3. The maximum Gasteiger partial charge on any atom is 0.417 e. The number of nitrogens with one attached hydrogen (secondary N) is 1. The lowest BCUT2D eigenvalue weighted by Crippen LogP contribution is -2.53. The average molecular weight is 624 g/mol. The van der Waals surface area contributed by atoms with E-state index in [2.05, 4.69) is 5.32 Å². The SMILES string of the molecule is CCCNC(=O)[C@H](CC)N(CCc1ccccc1)C(=O)CN(c1ccc(Cl)c(C(F)(F)F)c1)S(=O)(=O)c1ccccc1. The van der Waals surface area contributed by atoms with Gasteiger partial charge in [-0.25, -0.2) is 8.42 Å². The Hall–Kier alpha value is -3.57. The number of alkyl halides is 3. The first-order chi connectivity index (χ1) is 19.9. The van der Waals surface area contributed by atoms with Gasteiger partial charge in [0.15, 0.2) is 0 Å². The zero-order valence-electron chi connectivity index (χ0n) is 23.3. The Morgan fingerprint density at radius 2 is 1.57 bits per heavy atom. The smallest absolute Gasteiger partial charge is 0.354 e. The van der Waals surface area contributed by atoms with Crippen LogP contribution in [0.4, 0.5) is 18.9 Å². The molecule has 0 aliphatic rings. The molecule has 0 heterocycles. The third kappa shape index (κ3) is 8.25. The molecule has 1 atom stereocenters. The van der Waals surface area contributed by atoms with Crippen LogP contribution in [0.25, 0.3) is 0 Å². The van der Waals surface area contributed by atoms with Crippen molar-refractivity contribution in [2.24, 2.45) is 0 Å². The highest BCUT2D eigenvalue weighted by atomic mass is 35.5. The van der Waals surface area contributed by atoms with Gasteiger partial charge in [0.2, 0.25) is 11.8 Å². The molecule has 3 aromatic rings. The van der Waals surface area contributed by atoms with Gasteiger partial charge < -0.3 is 10.2 Å². The molecule has 0 fully saturated rings. The molecule has 0 aliphatic carbocycles. The first-order valence-corrected chi connectivity index (χ1v) is 15.3. The lowest BCUT2D eigenvalue weighted by molar-refractivity contribution is -0.139. The van der Waals surface area contributed by atoms with E-state index in [1.807, 2.05) is 37.3 Å². The Balaban J connectivity index is 2.08. The van der Waals surface area contributed by atoms with E-state index in [0.29, 0.717) is 29.8 Å². The van der Waals surface area contributed by atoms with Crippen LogP contribution in [-0.2, 0) is 32.2 Å². The summed E-state index contributed by atoms with van der Waals surface area (Å²) in [6.07, 6.45) is -3.59. The molecule has 0 saturated heterocycles. The summed E-state index contributed by atoms with van der Waals surface area (Å²) < 4.78 is 69.4. The van der Waals surface area contributed by atoms with Crippen molar-refractivity contribution < 1.29 is 31.2 Å². The van der Waals surface area contributed by atoms with Crippen molar-refractivity contribution >= 4 is 39.1 Å². The van der Waals surface area contributed by atoms with Crippen molar-refractivity contribution in [3.63, 3.8) is 0 Å². The largest absolute Gasteiger partial charge is 0.417 e. The molecule has 0 aromatic heterocycles. The summed E-state index contributed by atoms with van der Waals surface area (Å²) in [5, 5.41) is 2.17. The molecule has 226 valence electrons. The van der Waals surface area contributed by atoms with Crippen LogP contribution < -0.4 is 9.62 Å². The molecule has 0 spiro atoms. The highest BCUT2D eigenvalue weighted by Gasteiger charge is 2.37. The van der Waals surface area contributed by atoms with Crippen LogP contribution in [0.5, 0.6) is 0 Å². The Labute approximate surface area is 249 Å². The van der Waals surface area contributed by atoms with Crippen molar-refractivity contribution in [2.75, 3.05) is 23.9 Å². The molecular formula is C30H33ClF3N3O4S. The second-order valence-electron chi connectivity index (χ2n) is 9.52. The summed E-state index contributed by atoms with van der Waals surface area (Å²) in [6, 6.07) is 18.1. The first-order valence-electron chi connectivity index (χ1n) is 13.5. The maximum atomic E-state index is 13.9. The monoisotopic (exact) mass is 623 g/mol. The first kappa shape index (κ1) is 32.9. The number of halogens is 4. The minimum absolute atomic E-state index is 0.0779. The van der Waals surface area contributed by atoms with E-state index in [1.165, 1.54) is 29.2 Å². The molecule has 3 aromatic carbocycles. The average Bonchev–Trinajstić information content (AvgIpc) is 2.97. The minimum atomic E-state index is -4.87. The van der Waals surface area contributed by atoms with E-state index in [4.69, 9.17) is 11.6 Å². The van der Waals surface area contributed by atoms with E-state index < -0.39 is 56.9 Å². The van der Waals surface area contributed by atoms with Gasteiger partial charge in [0.05, 0.1) is 21.2 Å². The Morgan fingerprint density at radius 3 is 2.14 bits per heavy atom. The van der Waals surface area contributed by atoms with Gasteiger partial charge in [-0.15, -0.1) is 0 Å². The molecule has 0 unspecified atom stereocenters. The molecule has 0 aliphatic heterocycles. The summed E-state index contributed by atoms with van der Waals surface area (Å²) in [5.41, 5.74) is -0.746. The second kappa shape index (κ2) is 14.6. The number of hydrogen-bond donors (Lipinski definition) is 1. The molecule has 2 amide bonds. The number of sulfonamides is 1. The number of amides is 2. The molecule has 3 rings (SSSR count). The Kier molecular flexibility index (Phi) is 11.4. The van der Waals surface area contributed by atoms with Crippen molar-refractivity contribution in [3.8, 4) is 0 Å². The number of carbonyl (C=O) groups is 2. The molecule has 12 heteroatoms. The van der Waals surface area contributed by atoms with Crippen LogP contribution >= 0.6 is 11.6 Å². The fraction of sp³-hybridized carbons (Fsp3) is 0.333. The fourth-order valence-corrected chi connectivity index (χ4v) is 6.05. The van der Waals surface area contributed by atoms with Gasteiger partial charge in [0.1, 0.15) is 12.6 Å². The van der Waals surface area contributed by atoms with Crippen molar-refractivity contribution in [1.29, 1.82) is 0 Å². The maximum absolute atomic E-state index is 13.9. The molecule has 1 N–H and O–H groups in total. The predicted molar refractivity (Wildman–Crippen MR) is 157 cm³/mol. The highest BCUT2D eigenvalue weighted by molar-refractivity contribution is 7.92. The van der Waals surface area contributed by atoms with Gasteiger partial charge in [-0.1, -0.05) is 74.0 Å². The number of hydrogen-bond acceptors (Lipinski definition) is 4.